The second-order valence-corrected chi connectivity index (χ2v) is 3.87. The number of nitrogens with one attached hydrogen (secondary N) is 1. The lowest BCUT2D eigenvalue weighted by Crippen LogP contribution is -2.33. The molecule has 1 aromatic heterocycles. The fraction of sp³-hybridized carbons (Fsp3) is 0.500. The standard InChI is InChI=1S/C12H20N4O/c1-3-7-16(8-4-2)12(17)11-6-5-10(15-13)9-14-11/h5-6,9,15H,3-4,7-8,13H2,1-2H3. The van der Waals surface area contributed by atoms with Crippen molar-refractivity contribution >= 4 is 11.6 Å². The van der Waals surface area contributed by atoms with Crippen LogP contribution in [0.2, 0.25) is 0 Å². The fourth-order valence-electron chi connectivity index (χ4n) is 1.62. The van der Waals surface area contributed by atoms with Gasteiger partial charge in [0.1, 0.15) is 5.69 Å². The highest BCUT2D eigenvalue weighted by atomic mass is 16.2. The molecule has 1 aromatic rings. The number of hydrazine groups is 1. The van der Waals surface area contributed by atoms with Crippen molar-refractivity contribution < 1.29 is 4.79 Å². The molecule has 94 valence electrons. The van der Waals surface area contributed by atoms with Gasteiger partial charge in [0.25, 0.3) is 5.91 Å². The number of amides is 1. The monoisotopic (exact) mass is 236 g/mol. The zero-order chi connectivity index (χ0) is 12.7. The largest absolute Gasteiger partial charge is 0.337 e. The van der Waals surface area contributed by atoms with Crippen LogP contribution in [0.25, 0.3) is 0 Å². The number of carbonyl (C=O) groups excluding carboxylic acids is 1. The maximum atomic E-state index is 12.1. The minimum Gasteiger partial charge on any atom is -0.337 e. The van der Waals surface area contributed by atoms with E-state index in [1.54, 1.807) is 18.3 Å². The quantitative estimate of drug-likeness (QED) is 0.581. The molecule has 5 nitrogen and oxygen atoms in total. The number of nitrogens with two attached hydrogens (primary N) is 1. The molecule has 0 spiro atoms. The summed E-state index contributed by atoms with van der Waals surface area (Å²) in [5, 5.41) is 0. The second-order valence-electron chi connectivity index (χ2n) is 3.87. The van der Waals surface area contributed by atoms with Gasteiger partial charge >= 0.3 is 0 Å². The Morgan fingerprint density at radius 1 is 1.35 bits per heavy atom. The molecule has 17 heavy (non-hydrogen) atoms. The molecule has 5 heteroatoms. The van der Waals surface area contributed by atoms with Crippen LogP contribution in [0, 0.1) is 0 Å². The van der Waals surface area contributed by atoms with E-state index in [1.165, 1.54) is 0 Å². The van der Waals surface area contributed by atoms with E-state index in [0.29, 0.717) is 11.4 Å². The molecule has 0 unspecified atom stereocenters. The molecule has 0 saturated heterocycles. The zero-order valence-electron chi connectivity index (χ0n) is 10.4. The highest BCUT2D eigenvalue weighted by molar-refractivity contribution is 5.92. The SMILES string of the molecule is CCCN(CCC)C(=O)c1ccc(NN)cn1. The number of carbonyl (C=O) groups is 1. The van der Waals surface area contributed by atoms with Crippen LogP contribution < -0.4 is 11.3 Å². The zero-order valence-corrected chi connectivity index (χ0v) is 10.4. The summed E-state index contributed by atoms with van der Waals surface area (Å²) in [6.07, 6.45) is 3.46. The Kier molecular flexibility index (Phi) is 5.42. The number of hydrogen-bond acceptors (Lipinski definition) is 4. The minimum atomic E-state index is -0.0164. The van der Waals surface area contributed by atoms with Crippen molar-refractivity contribution in [1.29, 1.82) is 0 Å². The molecule has 1 amide bonds. The van der Waals surface area contributed by atoms with Gasteiger partial charge in [0, 0.05) is 13.1 Å². The van der Waals surface area contributed by atoms with Crippen molar-refractivity contribution in [3.8, 4) is 0 Å². The molecule has 0 bridgehead atoms. The Morgan fingerprint density at radius 2 is 2.00 bits per heavy atom. The van der Waals surface area contributed by atoms with Crippen LogP contribution in [-0.4, -0.2) is 28.9 Å². The number of pyridine rings is 1. The Morgan fingerprint density at radius 3 is 2.41 bits per heavy atom. The van der Waals surface area contributed by atoms with Crippen molar-refractivity contribution in [3.05, 3.63) is 24.0 Å². The summed E-state index contributed by atoms with van der Waals surface area (Å²) in [7, 11) is 0. The third kappa shape index (κ3) is 3.71. The number of nitrogen functional groups attached to an aromatic ring is 1. The lowest BCUT2D eigenvalue weighted by atomic mass is 10.2. The molecule has 0 aliphatic rings. The molecule has 3 N–H and O–H groups in total. The van der Waals surface area contributed by atoms with Gasteiger partial charge in [0.15, 0.2) is 0 Å². The summed E-state index contributed by atoms with van der Waals surface area (Å²) < 4.78 is 0. The third-order valence-corrected chi connectivity index (χ3v) is 2.42. The smallest absolute Gasteiger partial charge is 0.272 e. The first-order valence-corrected chi connectivity index (χ1v) is 5.94. The molecule has 0 aliphatic heterocycles. The summed E-state index contributed by atoms with van der Waals surface area (Å²) in [6, 6.07) is 3.44. The van der Waals surface area contributed by atoms with Gasteiger partial charge in [0.2, 0.25) is 0 Å². The summed E-state index contributed by atoms with van der Waals surface area (Å²) in [6.45, 7) is 5.66. The van der Waals surface area contributed by atoms with E-state index < -0.39 is 0 Å². The van der Waals surface area contributed by atoms with Crippen LogP contribution in [-0.2, 0) is 0 Å². The highest BCUT2D eigenvalue weighted by Crippen LogP contribution is 2.08. The minimum absolute atomic E-state index is 0.0164. The lowest BCUT2D eigenvalue weighted by Gasteiger charge is -2.20. The van der Waals surface area contributed by atoms with Gasteiger partial charge in [-0.3, -0.25) is 10.6 Å². The first-order chi connectivity index (χ1) is 8.22. The van der Waals surface area contributed by atoms with Crippen LogP contribution in [0.15, 0.2) is 18.3 Å². The van der Waals surface area contributed by atoms with Crippen molar-refractivity contribution in [2.45, 2.75) is 26.7 Å². The Labute approximate surface area is 102 Å². The van der Waals surface area contributed by atoms with Gasteiger partial charge in [0.05, 0.1) is 11.9 Å². The molecule has 0 radical (unpaired) electrons. The van der Waals surface area contributed by atoms with Gasteiger partial charge in [-0.1, -0.05) is 13.8 Å². The van der Waals surface area contributed by atoms with Crippen molar-refractivity contribution in [2.24, 2.45) is 5.84 Å². The van der Waals surface area contributed by atoms with Gasteiger partial charge in [-0.15, -0.1) is 0 Å². The molecular weight excluding hydrogens is 216 g/mol. The molecule has 0 saturated carbocycles. The Hall–Kier alpha value is -1.62. The molecule has 0 aliphatic carbocycles. The number of rotatable bonds is 6. The second kappa shape index (κ2) is 6.85. The maximum Gasteiger partial charge on any atom is 0.272 e. The summed E-state index contributed by atoms with van der Waals surface area (Å²) in [5.41, 5.74) is 3.64. The van der Waals surface area contributed by atoms with Gasteiger partial charge < -0.3 is 10.3 Å². The van der Waals surface area contributed by atoms with Crippen molar-refractivity contribution in [1.82, 2.24) is 9.88 Å². The van der Waals surface area contributed by atoms with E-state index in [9.17, 15) is 4.79 Å². The highest BCUT2D eigenvalue weighted by Gasteiger charge is 2.14. The van der Waals surface area contributed by atoms with Gasteiger partial charge in [-0.2, -0.15) is 0 Å². The lowest BCUT2D eigenvalue weighted by molar-refractivity contribution is 0.0749. The maximum absolute atomic E-state index is 12.1. The summed E-state index contributed by atoms with van der Waals surface area (Å²) in [4.78, 5) is 18.1. The number of hydrogen-bond donors (Lipinski definition) is 2. The van der Waals surface area contributed by atoms with E-state index in [1.807, 2.05) is 4.90 Å². The molecule has 1 heterocycles. The van der Waals surface area contributed by atoms with Crippen LogP contribution in [0.3, 0.4) is 0 Å². The van der Waals surface area contributed by atoms with E-state index in [-0.39, 0.29) is 5.91 Å². The van der Waals surface area contributed by atoms with Crippen LogP contribution in [0.4, 0.5) is 5.69 Å². The third-order valence-electron chi connectivity index (χ3n) is 2.42. The average molecular weight is 236 g/mol. The molecule has 0 fully saturated rings. The molecule has 0 atom stereocenters. The average Bonchev–Trinajstić information content (AvgIpc) is 2.38. The normalized spacial score (nSPS) is 10.1. The first-order valence-electron chi connectivity index (χ1n) is 5.94. The molecule has 0 aromatic carbocycles. The fourth-order valence-corrected chi connectivity index (χ4v) is 1.62. The number of aromatic nitrogens is 1. The summed E-state index contributed by atoms with van der Waals surface area (Å²) >= 11 is 0. The first kappa shape index (κ1) is 13.4. The topological polar surface area (TPSA) is 71.2 Å². The van der Waals surface area contributed by atoms with Crippen molar-refractivity contribution in [3.63, 3.8) is 0 Å². The predicted octanol–water partition coefficient (Wildman–Crippen LogP) is 1.63. The van der Waals surface area contributed by atoms with E-state index in [4.69, 9.17) is 5.84 Å². The van der Waals surface area contributed by atoms with Crippen molar-refractivity contribution in [2.75, 3.05) is 18.5 Å². The number of nitrogens with zero attached hydrogens (tertiary/aromatic N) is 2. The molecule has 1 rings (SSSR count). The Bertz CT molecular complexity index is 344. The van der Waals surface area contributed by atoms with Crippen LogP contribution in [0.5, 0.6) is 0 Å². The molecular formula is C12H20N4O. The Balaban J connectivity index is 2.77. The van der Waals surface area contributed by atoms with E-state index >= 15 is 0 Å². The van der Waals surface area contributed by atoms with Crippen LogP contribution >= 0.6 is 0 Å². The van der Waals surface area contributed by atoms with Gasteiger partial charge in [-0.05, 0) is 25.0 Å². The van der Waals surface area contributed by atoms with Crippen LogP contribution in [0.1, 0.15) is 37.2 Å². The summed E-state index contributed by atoms with van der Waals surface area (Å²) in [5.74, 6) is 5.23. The van der Waals surface area contributed by atoms with E-state index in [2.05, 4.69) is 24.3 Å². The number of anilines is 1. The van der Waals surface area contributed by atoms with Gasteiger partial charge in [-0.25, -0.2) is 4.98 Å². The predicted molar refractivity (Wildman–Crippen MR) is 68.5 cm³/mol. The van der Waals surface area contributed by atoms with E-state index in [0.717, 1.165) is 25.9 Å².